The second kappa shape index (κ2) is 6.91. The molecule has 1 saturated heterocycles. The van der Waals surface area contributed by atoms with E-state index in [2.05, 4.69) is 14.9 Å². The zero-order valence-electron chi connectivity index (χ0n) is 13.4. The van der Waals surface area contributed by atoms with Gasteiger partial charge in [-0.25, -0.2) is 18.4 Å². The lowest BCUT2D eigenvalue weighted by Crippen LogP contribution is -2.49. The topological polar surface area (TPSA) is 66.4 Å². The van der Waals surface area contributed by atoms with Crippen LogP contribution in [0.25, 0.3) is 0 Å². The monoisotopic (exact) mass is 358 g/mol. The summed E-state index contributed by atoms with van der Waals surface area (Å²) >= 11 is 5.84. The summed E-state index contributed by atoms with van der Waals surface area (Å²) in [5.74, 6) is 0.671. The van der Waals surface area contributed by atoms with Gasteiger partial charge in [0.05, 0.1) is 23.7 Å². The van der Waals surface area contributed by atoms with E-state index in [9.17, 15) is 8.42 Å². The van der Waals surface area contributed by atoms with Gasteiger partial charge in [-0.05, 0) is 32.1 Å². The van der Waals surface area contributed by atoms with Gasteiger partial charge in [0, 0.05) is 25.2 Å². The van der Waals surface area contributed by atoms with Gasteiger partial charge in [0.1, 0.15) is 0 Å². The second-order valence-electron chi connectivity index (χ2n) is 6.45. The summed E-state index contributed by atoms with van der Waals surface area (Å²) in [4.78, 5) is 10.7. The van der Waals surface area contributed by atoms with Crippen LogP contribution in [0.3, 0.4) is 0 Å². The molecule has 1 aromatic rings. The van der Waals surface area contributed by atoms with E-state index in [4.69, 9.17) is 11.6 Å². The first-order valence-corrected chi connectivity index (χ1v) is 10.4. The molecule has 3 rings (SSSR count). The highest BCUT2D eigenvalue weighted by Gasteiger charge is 2.37. The van der Waals surface area contributed by atoms with E-state index in [0.717, 1.165) is 51.6 Å². The standard InChI is InChI=1S/C15H23ClN4O2S/c1-23(21,22)20(13-4-2-5-13)14-6-3-8-19(9-7-14)15-17-10-12(16)11-18-15/h10-11,13-14H,2-9H2,1H3. The number of anilines is 1. The summed E-state index contributed by atoms with van der Waals surface area (Å²) in [5, 5.41) is 0.523. The first-order valence-electron chi connectivity index (χ1n) is 8.16. The van der Waals surface area contributed by atoms with Crippen molar-refractivity contribution in [2.45, 2.75) is 50.6 Å². The highest BCUT2D eigenvalue weighted by molar-refractivity contribution is 7.88. The first-order chi connectivity index (χ1) is 10.9. The summed E-state index contributed by atoms with van der Waals surface area (Å²) in [6.45, 7) is 1.62. The number of nitrogens with zero attached hydrogens (tertiary/aromatic N) is 4. The van der Waals surface area contributed by atoms with Crippen molar-refractivity contribution >= 4 is 27.6 Å². The predicted octanol–water partition coefficient (Wildman–Crippen LogP) is 2.30. The lowest BCUT2D eigenvalue weighted by Gasteiger charge is -2.40. The molecule has 1 aliphatic heterocycles. The number of hydrogen-bond donors (Lipinski definition) is 0. The van der Waals surface area contributed by atoms with Crippen LogP contribution in [0.2, 0.25) is 5.02 Å². The van der Waals surface area contributed by atoms with E-state index in [1.807, 2.05) is 0 Å². The Bertz CT molecular complexity index is 633. The Hall–Kier alpha value is -0.920. The van der Waals surface area contributed by atoms with E-state index in [1.165, 1.54) is 6.26 Å². The Morgan fingerprint density at radius 1 is 1.09 bits per heavy atom. The number of hydrogen-bond acceptors (Lipinski definition) is 5. The average molecular weight is 359 g/mol. The van der Waals surface area contributed by atoms with Crippen molar-refractivity contribution in [3.63, 3.8) is 0 Å². The summed E-state index contributed by atoms with van der Waals surface area (Å²) < 4.78 is 26.3. The van der Waals surface area contributed by atoms with Crippen molar-refractivity contribution in [2.75, 3.05) is 24.2 Å². The van der Waals surface area contributed by atoms with Crippen LogP contribution in [0.15, 0.2) is 12.4 Å². The van der Waals surface area contributed by atoms with Gasteiger partial charge in [0.2, 0.25) is 16.0 Å². The van der Waals surface area contributed by atoms with E-state index in [0.29, 0.717) is 11.0 Å². The van der Waals surface area contributed by atoms with Gasteiger partial charge < -0.3 is 4.90 Å². The van der Waals surface area contributed by atoms with Gasteiger partial charge in [-0.15, -0.1) is 0 Å². The molecule has 8 heteroatoms. The Morgan fingerprint density at radius 2 is 1.70 bits per heavy atom. The molecule has 1 aromatic heterocycles. The normalized spacial score (nSPS) is 23.6. The number of sulfonamides is 1. The molecule has 128 valence electrons. The van der Waals surface area contributed by atoms with Gasteiger partial charge in [-0.1, -0.05) is 18.0 Å². The van der Waals surface area contributed by atoms with E-state index in [-0.39, 0.29) is 12.1 Å². The molecule has 0 amide bonds. The molecule has 1 aliphatic carbocycles. The third-order valence-electron chi connectivity index (χ3n) is 4.76. The van der Waals surface area contributed by atoms with Crippen LogP contribution in [0.1, 0.15) is 38.5 Å². The first kappa shape index (κ1) is 16.9. The molecule has 1 atom stereocenters. The third-order valence-corrected chi connectivity index (χ3v) is 6.32. The lowest BCUT2D eigenvalue weighted by atomic mass is 9.91. The summed E-state index contributed by atoms with van der Waals surface area (Å²) in [6, 6.07) is 0.293. The number of aromatic nitrogens is 2. The predicted molar refractivity (Wildman–Crippen MR) is 91.2 cm³/mol. The minimum Gasteiger partial charge on any atom is -0.341 e. The van der Waals surface area contributed by atoms with E-state index < -0.39 is 10.0 Å². The fraction of sp³-hybridized carbons (Fsp3) is 0.733. The molecule has 23 heavy (non-hydrogen) atoms. The molecule has 0 N–H and O–H groups in total. The van der Waals surface area contributed by atoms with Crippen molar-refractivity contribution in [2.24, 2.45) is 0 Å². The zero-order valence-corrected chi connectivity index (χ0v) is 14.9. The molecule has 1 saturated carbocycles. The van der Waals surface area contributed by atoms with Crippen molar-refractivity contribution < 1.29 is 8.42 Å². The van der Waals surface area contributed by atoms with Crippen LogP contribution in [-0.2, 0) is 10.0 Å². The molecule has 1 unspecified atom stereocenters. The Balaban J connectivity index is 1.71. The van der Waals surface area contributed by atoms with Gasteiger partial charge in [-0.2, -0.15) is 4.31 Å². The van der Waals surface area contributed by atoms with E-state index >= 15 is 0 Å². The lowest BCUT2D eigenvalue weighted by molar-refractivity contribution is 0.164. The average Bonchev–Trinajstić information content (AvgIpc) is 2.68. The van der Waals surface area contributed by atoms with Crippen molar-refractivity contribution in [3.8, 4) is 0 Å². The van der Waals surface area contributed by atoms with Crippen molar-refractivity contribution in [3.05, 3.63) is 17.4 Å². The Kier molecular flexibility index (Phi) is 5.08. The molecular formula is C15H23ClN4O2S. The third kappa shape index (κ3) is 3.95. The zero-order chi connectivity index (χ0) is 16.4. The molecule has 2 aliphatic rings. The highest BCUT2D eigenvalue weighted by Crippen LogP contribution is 2.32. The fourth-order valence-corrected chi connectivity index (χ4v) is 5.09. The molecule has 0 aromatic carbocycles. The summed E-state index contributed by atoms with van der Waals surface area (Å²) in [5.41, 5.74) is 0. The quantitative estimate of drug-likeness (QED) is 0.826. The van der Waals surface area contributed by atoms with Crippen LogP contribution in [-0.4, -0.2) is 54.1 Å². The van der Waals surface area contributed by atoms with Gasteiger partial charge in [-0.3, -0.25) is 0 Å². The molecular weight excluding hydrogens is 336 g/mol. The van der Waals surface area contributed by atoms with Crippen LogP contribution < -0.4 is 4.90 Å². The SMILES string of the molecule is CS(=O)(=O)N(C1CCC1)C1CCCN(c2ncc(Cl)cn2)CC1. The minimum absolute atomic E-state index is 0.0904. The van der Waals surface area contributed by atoms with Gasteiger partial charge in [0.15, 0.2) is 0 Å². The largest absolute Gasteiger partial charge is 0.341 e. The number of halogens is 1. The molecule has 0 bridgehead atoms. The molecule has 6 nitrogen and oxygen atoms in total. The van der Waals surface area contributed by atoms with Crippen LogP contribution >= 0.6 is 11.6 Å². The Morgan fingerprint density at radius 3 is 2.26 bits per heavy atom. The minimum atomic E-state index is -3.16. The maximum Gasteiger partial charge on any atom is 0.225 e. The fourth-order valence-electron chi connectivity index (χ4n) is 3.48. The van der Waals surface area contributed by atoms with Gasteiger partial charge in [0.25, 0.3) is 0 Å². The highest BCUT2D eigenvalue weighted by atomic mass is 35.5. The maximum atomic E-state index is 12.2. The smallest absolute Gasteiger partial charge is 0.225 e. The molecule has 2 fully saturated rings. The van der Waals surface area contributed by atoms with E-state index in [1.54, 1.807) is 16.7 Å². The molecule has 2 heterocycles. The van der Waals surface area contributed by atoms with Crippen molar-refractivity contribution in [1.82, 2.24) is 14.3 Å². The molecule has 0 radical (unpaired) electrons. The Labute approximate surface area is 142 Å². The second-order valence-corrected chi connectivity index (χ2v) is 8.77. The van der Waals surface area contributed by atoms with Crippen LogP contribution in [0.4, 0.5) is 5.95 Å². The molecule has 0 spiro atoms. The summed E-state index contributed by atoms with van der Waals surface area (Å²) in [6.07, 6.45) is 10.3. The van der Waals surface area contributed by atoms with Gasteiger partial charge >= 0.3 is 0 Å². The maximum absolute atomic E-state index is 12.2. The van der Waals surface area contributed by atoms with Crippen LogP contribution in [0.5, 0.6) is 0 Å². The van der Waals surface area contributed by atoms with Crippen LogP contribution in [0, 0.1) is 0 Å². The number of rotatable bonds is 4. The van der Waals surface area contributed by atoms with Crippen molar-refractivity contribution in [1.29, 1.82) is 0 Å². The summed E-state index contributed by atoms with van der Waals surface area (Å²) in [7, 11) is -3.16.